The Balaban J connectivity index is 2.08. The molecule has 128 valence electrons. The van der Waals surface area contributed by atoms with Gasteiger partial charge in [-0.25, -0.2) is 8.42 Å². The molecule has 0 aromatic heterocycles. The molecule has 0 radical (unpaired) electrons. The predicted octanol–water partition coefficient (Wildman–Crippen LogP) is 4.02. The maximum atomic E-state index is 11.8. The van der Waals surface area contributed by atoms with Gasteiger partial charge in [0.2, 0.25) is 0 Å². The summed E-state index contributed by atoms with van der Waals surface area (Å²) in [5.41, 5.74) is 3.24. The van der Waals surface area contributed by atoms with Crippen LogP contribution in [-0.4, -0.2) is 33.5 Å². The molecule has 0 spiro atoms. The third-order valence-corrected chi connectivity index (χ3v) is 5.81. The molecule has 0 N–H and O–H groups in total. The largest absolute Gasteiger partial charge is 0.374 e. The van der Waals surface area contributed by atoms with Gasteiger partial charge in [-0.15, -0.1) is 0 Å². The van der Waals surface area contributed by atoms with Crippen LogP contribution < -0.4 is 4.90 Å². The Kier molecular flexibility index (Phi) is 6.52. The van der Waals surface area contributed by atoms with Gasteiger partial charge in [-0.3, -0.25) is 0 Å². The van der Waals surface area contributed by atoms with Crippen molar-refractivity contribution in [2.75, 3.05) is 30.0 Å². The van der Waals surface area contributed by atoms with Gasteiger partial charge >= 0.3 is 0 Å². The third-order valence-electron chi connectivity index (χ3n) is 3.86. The maximum absolute atomic E-state index is 11.8. The minimum absolute atomic E-state index is 0.121. The molecule has 5 heteroatoms. The van der Waals surface area contributed by atoms with E-state index in [1.807, 2.05) is 31.3 Å². The summed E-state index contributed by atoms with van der Waals surface area (Å²) in [7, 11) is -1.09. The Hall–Kier alpha value is -1.72. The van der Waals surface area contributed by atoms with Crippen LogP contribution in [0.5, 0.6) is 0 Å². The van der Waals surface area contributed by atoms with Crippen molar-refractivity contribution in [2.24, 2.45) is 0 Å². The second-order valence-corrected chi connectivity index (χ2v) is 8.27. The van der Waals surface area contributed by atoms with Gasteiger partial charge in [0.1, 0.15) is 0 Å². The molecule has 0 bridgehead atoms. The Morgan fingerprint density at radius 1 is 0.958 bits per heavy atom. The molecular weight excluding hydrogens is 338 g/mol. The van der Waals surface area contributed by atoms with Crippen LogP contribution in [0.2, 0.25) is 0 Å². The number of benzene rings is 2. The number of thiol groups is 1. The molecule has 0 saturated carbocycles. The lowest BCUT2D eigenvalue weighted by Gasteiger charge is -2.17. The molecule has 2 aromatic rings. The Morgan fingerprint density at radius 3 is 1.92 bits per heavy atom. The number of nitrogens with zero attached hydrogens (tertiary/aromatic N) is 1. The van der Waals surface area contributed by atoms with Crippen molar-refractivity contribution in [3.63, 3.8) is 0 Å². The molecule has 0 aliphatic carbocycles. The normalized spacial score (nSPS) is 11.8. The van der Waals surface area contributed by atoms with Crippen LogP contribution in [0.3, 0.4) is 0 Å². The predicted molar refractivity (Wildman–Crippen MR) is 107 cm³/mol. The molecule has 0 unspecified atom stereocenters. The smallest absolute Gasteiger partial charge is 0.178 e. The summed E-state index contributed by atoms with van der Waals surface area (Å²) in [6, 6.07) is 15.3. The van der Waals surface area contributed by atoms with Crippen molar-refractivity contribution in [1.29, 1.82) is 0 Å². The molecule has 0 heterocycles. The summed E-state index contributed by atoms with van der Waals surface area (Å²) in [5, 5.41) is 0. The van der Waals surface area contributed by atoms with E-state index in [1.54, 1.807) is 19.1 Å². The fraction of sp³-hybridized carbons (Fsp3) is 0.263. The molecule has 0 amide bonds. The average molecular weight is 362 g/mol. The molecule has 3 nitrogen and oxygen atoms in total. The van der Waals surface area contributed by atoms with Crippen molar-refractivity contribution in [3.8, 4) is 0 Å². The first-order valence-corrected chi connectivity index (χ1v) is 10.2. The van der Waals surface area contributed by atoms with Gasteiger partial charge in [0.05, 0.1) is 10.6 Å². The molecule has 0 aliphatic heterocycles. The van der Waals surface area contributed by atoms with E-state index in [-0.39, 0.29) is 5.75 Å². The first-order valence-electron chi connectivity index (χ1n) is 7.89. The van der Waals surface area contributed by atoms with E-state index < -0.39 is 9.84 Å². The van der Waals surface area contributed by atoms with Gasteiger partial charge in [0, 0.05) is 25.0 Å². The number of hydrogen-bond donors (Lipinski definition) is 1. The highest BCUT2D eigenvalue weighted by molar-refractivity contribution is 7.91. The van der Waals surface area contributed by atoms with Crippen LogP contribution >= 0.6 is 12.6 Å². The summed E-state index contributed by atoms with van der Waals surface area (Å²) in [6.45, 7) is 2.56. The van der Waals surface area contributed by atoms with Crippen molar-refractivity contribution < 1.29 is 8.42 Å². The number of rotatable bonds is 7. The molecular formula is C19H23NO2S2. The highest BCUT2D eigenvalue weighted by Crippen LogP contribution is 2.17. The van der Waals surface area contributed by atoms with E-state index in [0.717, 1.165) is 29.1 Å². The van der Waals surface area contributed by atoms with E-state index in [9.17, 15) is 8.42 Å². The first-order chi connectivity index (χ1) is 11.5. The van der Waals surface area contributed by atoms with Crippen LogP contribution in [0.25, 0.3) is 12.2 Å². The number of hydrogen-bond acceptors (Lipinski definition) is 4. The van der Waals surface area contributed by atoms with Gasteiger partial charge in [-0.2, -0.15) is 12.6 Å². The van der Waals surface area contributed by atoms with Gasteiger partial charge in [0.15, 0.2) is 9.84 Å². The maximum Gasteiger partial charge on any atom is 0.178 e. The topological polar surface area (TPSA) is 37.4 Å². The average Bonchev–Trinajstić information content (AvgIpc) is 2.61. The molecule has 0 atom stereocenters. The molecule has 24 heavy (non-hydrogen) atoms. The molecule has 0 fully saturated rings. The Bertz CT molecular complexity index is 779. The fourth-order valence-corrected chi connectivity index (χ4v) is 3.45. The minimum atomic E-state index is -3.13. The quantitative estimate of drug-likeness (QED) is 0.598. The van der Waals surface area contributed by atoms with Crippen molar-refractivity contribution in [1.82, 2.24) is 0 Å². The lowest BCUT2D eigenvalue weighted by molar-refractivity contribution is 0.597. The van der Waals surface area contributed by atoms with E-state index in [4.69, 9.17) is 0 Å². The Morgan fingerprint density at radius 2 is 1.46 bits per heavy atom. The van der Waals surface area contributed by atoms with Gasteiger partial charge in [-0.05, 0) is 35.4 Å². The van der Waals surface area contributed by atoms with Crippen LogP contribution in [0.15, 0.2) is 53.4 Å². The lowest BCUT2D eigenvalue weighted by Crippen LogP contribution is -2.19. The molecule has 2 rings (SSSR count). The number of sulfone groups is 1. The summed E-state index contributed by atoms with van der Waals surface area (Å²) < 4.78 is 23.6. The zero-order valence-corrected chi connectivity index (χ0v) is 15.7. The first kappa shape index (κ1) is 18.6. The zero-order valence-electron chi connectivity index (χ0n) is 14.0. The summed E-state index contributed by atoms with van der Waals surface area (Å²) >= 11 is 4.24. The number of anilines is 1. The van der Waals surface area contributed by atoms with E-state index >= 15 is 0 Å². The highest BCUT2D eigenvalue weighted by atomic mass is 32.2. The minimum Gasteiger partial charge on any atom is -0.374 e. The van der Waals surface area contributed by atoms with Crippen molar-refractivity contribution >= 4 is 40.3 Å². The van der Waals surface area contributed by atoms with Crippen LogP contribution in [0, 0.1) is 0 Å². The fourth-order valence-electron chi connectivity index (χ4n) is 2.26. The molecule has 0 saturated heterocycles. The Labute approximate surface area is 150 Å². The lowest BCUT2D eigenvalue weighted by atomic mass is 10.1. The monoisotopic (exact) mass is 361 g/mol. The van der Waals surface area contributed by atoms with Gasteiger partial charge in [0.25, 0.3) is 0 Å². The molecule has 0 aliphatic rings. The van der Waals surface area contributed by atoms with E-state index in [0.29, 0.717) is 4.90 Å². The van der Waals surface area contributed by atoms with E-state index in [1.165, 1.54) is 0 Å². The standard InChI is InChI=1S/C19H23NO2S2/c1-3-24(21,22)19-12-8-17(9-13-19)5-4-16-6-10-18(11-7-16)20(2)14-15-23/h4-13,23H,3,14-15H2,1-2H3/b5-4+. The third kappa shape index (κ3) is 4.89. The second-order valence-electron chi connectivity index (χ2n) is 5.54. The van der Waals surface area contributed by atoms with Crippen molar-refractivity contribution in [3.05, 3.63) is 59.7 Å². The summed E-state index contributed by atoms with van der Waals surface area (Å²) in [4.78, 5) is 2.53. The summed E-state index contributed by atoms with van der Waals surface area (Å²) in [6.07, 6.45) is 4.00. The highest BCUT2D eigenvalue weighted by Gasteiger charge is 2.10. The zero-order chi connectivity index (χ0) is 17.6. The second kappa shape index (κ2) is 8.40. The van der Waals surface area contributed by atoms with Gasteiger partial charge < -0.3 is 4.90 Å². The summed E-state index contributed by atoms with van der Waals surface area (Å²) in [5.74, 6) is 0.943. The van der Waals surface area contributed by atoms with Crippen LogP contribution in [0.1, 0.15) is 18.1 Å². The van der Waals surface area contributed by atoms with Crippen molar-refractivity contribution in [2.45, 2.75) is 11.8 Å². The van der Waals surface area contributed by atoms with Gasteiger partial charge in [-0.1, -0.05) is 43.3 Å². The van der Waals surface area contributed by atoms with Crippen LogP contribution in [-0.2, 0) is 9.84 Å². The SMILES string of the molecule is CCS(=O)(=O)c1ccc(/C=C/c2ccc(N(C)CCS)cc2)cc1. The van der Waals surface area contributed by atoms with Crippen LogP contribution in [0.4, 0.5) is 5.69 Å². The molecule has 2 aromatic carbocycles. The van der Waals surface area contributed by atoms with E-state index in [2.05, 4.69) is 41.8 Å².